The van der Waals surface area contributed by atoms with Crippen LogP contribution in [0.5, 0.6) is 0 Å². The number of nitrogens with zero attached hydrogens (tertiary/aromatic N) is 2. The first-order valence-corrected chi connectivity index (χ1v) is 6.71. The third-order valence-electron chi connectivity index (χ3n) is 3.91. The van der Waals surface area contributed by atoms with Gasteiger partial charge in [0.1, 0.15) is 5.82 Å². The summed E-state index contributed by atoms with van der Waals surface area (Å²) >= 11 is 0. The molecule has 2 N–H and O–H groups in total. The Labute approximate surface area is 108 Å². The highest BCUT2D eigenvalue weighted by Crippen LogP contribution is 2.29. The summed E-state index contributed by atoms with van der Waals surface area (Å²) in [6.45, 7) is 5.20. The monoisotopic (exact) mass is 251 g/mol. The Morgan fingerprint density at radius 1 is 1.39 bits per heavy atom. The average molecular weight is 251 g/mol. The van der Waals surface area contributed by atoms with Crippen molar-refractivity contribution in [2.24, 2.45) is 5.73 Å². The van der Waals surface area contributed by atoms with E-state index < -0.39 is 0 Å². The second-order valence-corrected chi connectivity index (χ2v) is 5.27. The van der Waals surface area contributed by atoms with Crippen LogP contribution in [0.15, 0.2) is 18.5 Å². The molecule has 18 heavy (non-hydrogen) atoms. The summed E-state index contributed by atoms with van der Waals surface area (Å²) in [5.74, 6) is -0.270. The molecule has 3 nitrogen and oxygen atoms in total. The second-order valence-electron chi connectivity index (χ2n) is 5.27. The second kappa shape index (κ2) is 5.76. The van der Waals surface area contributed by atoms with Crippen molar-refractivity contribution in [3.05, 3.63) is 29.8 Å². The molecule has 1 fully saturated rings. The summed E-state index contributed by atoms with van der Waals surface area (Å²) in [4.78, 5) is 6.33. The first-order chi connectivity index (χ1) is 8.59. The SMILES string of the molecule is CC(N)C1CCCCN1C(C)c1cncc(F)c1. The highest BCUT2D eigenvalue weighted by molar-refractivity contribution is 5.15. The number of hydrogen-bond donors (Lipinski definition) is 1. The quantitative estimate of drug-likeness (QED) is 0.897. The summed E-state index contributed by atoms with van der Waals surface area (Å²) in [5, 5.41) is 0. The van der Waals surface area contributed by atoms with Crippen molar-refractivity contribution in [3.63, 3.8) is 0 Å². The van der Waals surface area contributed by atoms with Crippen LogP contribution in [-0.4, -0.2) is 28.5 Å². The molecule has 0 radical (unpaired) electrons. The molecular formula is C14H22FN3. The van der Waals surface area contributed by atoms with E-state index in [-0.39, 0.29) is 17.9 Å². The van der Waals surface area contributed by atoms with Crippen LogP contribution in [0.2, 0.25) is 0 Å². The van der Waals surface area contributed by atoms with Crippen LogP contribution in [0.3, 0.4) is 0 Å². The van der Waals surface area contributed by atoms with Gasteiger partial charge in [0.05, 0.1) is 6.20 Å². The third kappa shape index (κ3) is 2.87. The molecule has 0 aromatic carbocycles. The average Bonchev–Trinajstić information content (AvgIpc) is 2.38. The zero-order chi connectivity index (χ0) is 13.1. The van der Waals surface area contributed by atoms with Gasteiger partial charge >= 0.3 is 0 Å². The maximum atomic E-state index is 13.2. The molecule has 3 unspecified atom stereocenters. The molecule has 0 aliphatic carbocycles. The predicted octanol–water partition coefficient (Wildman–Crippen LogP) is 2.48. The van der Waals surface area contributed by atoms with E-state index in [2.05, 4.69) is 23.7 Å². The summed E-state index contributed by atoms with van der Waals surface area (Å²) in [6.07, 6.45) is 6.55. The van der Waals surface area contributed by atoms with E-state index in [0.717, 1.165) is 18.5 Å². The lowest BCUT2D eigenvalue weighted by molar-refractivity contribution is 0.0887. The molecule has 100 valence electrons. The van der Waals surface area contributed by atoms with E-state index in [0.29, 0.717) is 6.04 Å². The number of halogens is 1. The van der Waals surface area contributed by atoms with Crippen molar-refractivity contribution < 1.29 is 4.39 Å². The summed E-state index contributed by atoms with van der Waals surface area (Å²) in [5.41, 5.74) is 7.00. The predicted molar refractivity (Wildman–Crippen MR) is 70.6 cm³/mol. The largest absolute Gasteiger partial charge is 0.327 e. The minimum atomic E-state index is -0.270. The van der Waals surface area contributed by atoms with E-state index in [9.17, 15) is 4.39 Å². The number of hydrogen-bond acceptors (Lipinski definition) is 3. The molecule has 1 aromatic rings. The Bertz CT molecular complexity index is 394. The lowest BCUT2D eigenvalue weighted by atomic mass is 9.94. The van der Waals surface area contributed by atoms with Crippen molar-refractivity contribution in [1.82, 2.24) is 9.88 Å². The summed E-state index contributed by atoms with van der Waals surface area (Å²) in [6, 6.07) is 2.28. The zero-order valence-corrected chi connectivity index (χ0v) is 11.1. The van der Waals surface area contributed by atoms with Gasteiger partial charge in [-0.2, -0.15) is 0 Å². The first-order valence-electron chi connectivity index (χ1n) is 6.71. The number of aromatic nitrogens is 1. The molecule has 1 aliphatic rings. The standard InChI is InChI=1S/C14H22FN3/c1-10(16)14-5-3-4-6-18(14)11(2)12-7-13(15)9-17-8-12/h7-11,14H,3-6,16H2,1-2H3. The smallest absolute Gasteiger partial charge is 0.141 e. The van der Waals surface area contributed by atoms with Crippen LogP contribution in [0, 0.1) is 5.82 Å². The number of nitrogens with two attached hydrogens (primary N) is 1. The van der Waals surface area contributed by atoms with E-state index in [1.54, 1.807) is 12.3 Å². The summed E-state index contributed by atoms with van der Waals surface area (Å²) < 4.78 is 13.2. The fourth-order valence-corrected chi connectivity index (χ4v) is 2.87. The zero-order valence-electron chi connectivity index (χ0n) is 11.1. The fraction of sp³-hybridized carbons (Fsp3) is 0.643. The minimum Gasteiger partial charge on any atom is -0.327 e. The van der Waals surface area contributed by atoms with Crippen LogP contribution in [0.4, 0.5) is 4.39 Å². The maximum Gasteiger partial charge on any atom is 0.141 e. The minimum absolute atomic E-state index is 0.147. The van der Waals surface area contributed by atoms with Crippen LogP contribution >= 0.6 is 0 Å². The van der Waals surface area contributed by atoms with Crippen LogP contribution in [0.1, 0.15) is 44.7 Å². The van der Waals surface area contributed by atoms with Crippen molar-refractivity contribution in [1.29, 1.82) is 0 Å². The lowest BCUT2D eigenvalue weighted by Crippen LogP contribution is -2.49. The Morgan fingerprint density at radius 3 is 2.83 bits per heavy atom. The number of pyridine rings is 1. The number of likely N-dealkylation sites (tertiary alicyclic amines) is 1. The van der Waals surface area contributed by atoms with Gasteiger partial charge in [0.2, 0.25) is 0 Å². The highest BCUT2D eigenvalue weighted by atomic mass is 19.1. The van der Waals surface area contributed by atoms with Gasteiger partial charge in [0.25, 0.3) is 0 Å². The molecule has 0 bridgehead atoms. The normalized spacial score (nSPS) is 24.8. The Balaban J connectivity index is 2.18. The van der Waals surface area contributed by atoms with Crippen molar-refractivity contribution in [3.8, 4) is 0 Å². The van der Waals surface area contributed by atoms with Crippen molar-refractivity contribution >= 4 is 0 Å². The number of rotatable bonds is 3. The van der Waals surface area contributed by atoms with Gasteiger partial charge in [-0.1, -0.05) is 6.42 Å². The molecule has 1 aromatic heterocycles. The van der Waals surface area contributed by atoms with Gasteiger partial charge in [0.15, 0.2) is 0 Å². The topological polar surface area (TPSA) is 42.1 Å². The van der Waals surface area contributed by atoms with E-state index in [1.807, 2.05) is 0 Å². The van der Waals surface area contributed by atoms with Crippen LogP contribution < -0.4 is 5.73 Å². The molecule has 0 amide bonds. The van der Waals surface area contributed by atoms with Crippen LogP contribution in [-0.2, 0) is 0 Å². The first kappa shape index (κ1) is 13.4. The van der Waals surface area contributed by atoms with Crippen LogP contribution in [0.25, 0.3) is 0 Å². The molecular weight excluding hydrogens is 229 g/mol. The molecule has 2 heterocycles. The molecule has 0 saturated carbocycles. The molecule has 1 aliphatic heterocycles. The van der Waals surface area contributed by atoms with Gasteiger partial charge in [-0.3, -0.25) is 9.88 Å². The van der Waals surface area contributed by atoms with E-state index >= 15 is 0 Å². The van der Waals surface area contributed by atoms with Gasteiger partial charge in [0, 0.05) is 24.3 Å². The Kier molecular flexibility index (Phi) is 4.30. The third-order valence-corrected chi connectivity index (χ3v) is 3.91. The fourth-order valence-electron chi connectivity index (χ4n) is 2.87. The molecule has 4 heteroatoms. The molecule has 1 saturated heterocycles. The Morgan fingerprint density at radius 2 is 2.17 bits per heavy atom. The lowest BCUT2D eigenvalue weighted by Gasteiger charge is -2.42. The van der Waals surface area contributed by atoms with E-state index in [4.69, 9.17) is 5.73 Å². The molecule has 3 atom stereocenters. The van der Waals surface area contributed by atoms with Crippen molar-refractivity contribution in [2.45, 2.75) is 51.2 Å². The van der Waals surface area contributed by atoms with Gasteiger partial charge < -0.3 is 5.73 Å². The number of piperidine rings is 1. The van der Waals surface area contributed by atoms with Crippen molar-refractivity contribution in [2.75, 3.05) is 6.54 Å². The van der Waals surface area contributed by atoms with Gasteiger partial charge in [-0.25, -0.2) is 4.39 Å². The Hall–Kier alpha value is -1.00. The molecule has 0 spiro atoms. The van der Waals surface area contributed by atoms with Gasteiger partial charge in [-0.05, 0) is 44.9 Å². The maximum absolute atomic E-state index is 13.2. The van der Waals surface area contributed by atoms with E-state index in [1.165, 1.54) is 19.0 Å². The highest BCUT2D eigenvalue weighted by Gasteiger charge is 2.29. The molecule has 2 rings (SSSR count). The summed E-state index contributed by atoms with van der Waals surface area (Å²) in [7, 11) is 0. The van der Waals surface area contributed by atoms with Gasteiger partial charge in [-0.15, -0.1) is 0 Å².